The monoisotopic (exact) mass is 440 g/mol. The molecular formula is C24H29FN4O3. The second kappa shape index (κ2) is 7.90. The fraction of sp³-hybridized carbons (Fsp3) is 0.542. The Bertz CT molecular complexity index is 1040. The summed E-state index contributed by atoms with van der Waals surface area (Å²) >= 11 is 0. The van der Waals surface area contributed by atoms with Gasteiger partial charge in [-0.1, -0.05) is 6.07 Å². The summed E-state index contributed by atoms with van der Waals surface area (Å²) in [4.78, 5) is 23.2. The standard InChI is InChI=1S/C24H29FN4O3/c1-14-4-6-19(18(25)10-14)28-21-15(2)22(27-13-26-21)31-12-16-11-17-5-7-20(16)29(17)23(30)32-24(3)8-9-24/h4,6,10,13,16-17,20H,5,7-9,11-12H2,1-3H3,(H,26,27,28). The van der Waals surface area contributed by atoms with Gasteiger partial charge in [0.15, 0.2) is 0 Å². The molecule has 3 heterocycles. The minimum Gasteiger partial charge on any atom is -0.477 e. The van der Waals surface area contributed by atoms with Crippen LogP contribution in [0.25, 0.3) is 0 Å². The highest BCUT2D eigenvalue weighted by Gasteiger charge is 2.52. The molecule has 1 saturated carbocycles. The van der Waals surface area contributed by atoms with E-state index in [1.807, 2.05) is 31.7 Å². The van der Waals surface area contributed by atoms with E-state index >= 15 is 0 Å². The van der Waals surface area contributed by atoms with Gasteiger partial charge >= 0.3 is 6.09 Å². The van der Waals surface area contributed by atoms with Gasteiger partial charge in [0.05, 0.1) is 17.9 Å². The number of carbonyl (C=O) groups excluding carboxylic acids is 1. The number of nitrogens with zero attached hydrogens (tertiary/aromatic N) is 3. The first kappa shape index (κ1) is 21.0. The highest BCUT2D eigenvalue weighted by Crippen LogP contribution is 2.45. The molecule has 3 aliphatic rings. The summed E-state index contributed by atoms with van der Waals surface area (Å²) in [6, 6.07) is 5.39. The zero-order valence-electron chi connectivity index (χ0n) is 18.7. The van der Waals surface area contributed by atoms with Crippen LogP contribution in [0.2, 0.25) is 0 Å². The number of halogens is 1. The number of nitrogens with one attached hydrogen (secondary N) is 1. The molecule has 1 N–H and O–H groups in total. The molecule has 0 spiro atoms. The van der Waals surface area contributed by atoms with Crippen molar-refractivity contribution >= 4 is 17.6 Å². The molecule has 1 amide bonds. The highest BCUT2D eigenvalue weighted by molar-refractivity contribution is 5.70. The number of hydrogen-bond donors (Lipinski definition) is 1. The number of aryl methyl sites for hydroxylation is 1. The Morgan fingerprint density at radius 3 is 2.84 bits per heavy atom. The van der Waals surface area contributed by atoms with Gasteiger partial charge in [-0.15, -0.1) is 0 Å². The quantitative estimate of drug-likeness (QED) is 0.689. The van der Waals surface area contributed by atoms with E-state index in [4.69, 9.17) is 9.47 Å². The van der Waals surface area contributed by atoms with Crippen molar-refractivity contribution < 1.29 is 18.7 Å². The van der Waals surface area contributed by atoms with E-state index in [1.165, 1.54) is 12.4 Å². The van der Waals surface area contributed by atoms with Crippen molar-refractivity contribution in [1.82, 2.24) is 14.9 Å². The summed E-state index contributed by atoms with van der Waals surface area (Å²) in [5.41, 5.74) is 1.67. The first-order valence-electron chi connectivity index (χ1n) is 11.3. The van der Waals surface area contributed by atoms with Crippen molar-refractivity contribution in [3.05, 3.63) is 41.5 Å². The minimum atomic E-state index is -0.334. The summed E-state index contributed by atoms with van der Waals surface area (Å²) in [7, 11) is 0. The Kier molecular flexibility index (Phi) is 5.18. The van der Waals surface area contributed by atoms with Crippen LogP contribution in [-0.2, 0) is 4.74 Å². The molecule has 2 aliphatic heterocycles. The Labute approximate surface area is 187 Å². The summed E-state index contributed by atoms with van der Waals surface area (Å²) in [5, 5.41) is 3.04. The van der Waals surface area contributed by atoms with Crippen molar-refractivity contribution in [3.8, 4) is 5.88 Å². The lowest BCUT2D eigenvalue weighted by molar-refractivity contribution is 0.0515. The van der Waals surface area contributed by atoms with E-state index in [9.17, 15) is 9.18 Å². The smallest absolute Gasteiger partial charge is 0.410 e. The van der Waals surface area contributed by atoms with E-state index < -0.39 is 0 Å². The predicted molar refractivity (Wildman–Crippen MR) is 118 cm³/mol. The molecule has 32 heavy (non-hydrogen) atoms. The third-order valence-corrected chi connectivity index (χ3v) is 7.01. The molecule has 1 aliphatic carbocycles. The highest BCUT2D eigenvalue weighted by atomic mass is 19.1. The average Bonchev–Trinajstić information content (AvgIpc) is 3.19. The second-order valence-electron chi connectivity index (χ2n) is 9.59. The molecule has 1 aromatic carbocycles. The van der Waals surface area contributed by atoms with Crippen LogP contribution in [-0.4, -0.2) is 45.3 Å². The van der Waals surface area contributed by atoms with Crippen LogP contribution in [0.15, 0.2) is 24.5 Å². The van der Waals surface area contributed by atoms with Gasteiger partial charge in [-0.2, -0.15) is 0 Å². The van der Waals surface area contributed by atoms with Gasteiger partial charge in [0, 0.05) is 18.0 Å². The van der Waals surface area contributed by atoms with Gasteiger partial charge in [-0.05, 0) is 70.6 Å². The number of carbonyl (C=O) groups is 1. The van der Waals surface area contributed by atoms with Crippen LogP contribution < -0.4 is 10.1 Å². The summed E-state index contributed by atoms with van der Waals surface area (Å²) < 4.78 is 26.0. The Morgan fingerprint density at radius 2 is 2.09 bits per heavy atom. The van der Waals surface area contributed by atoms with E-state index in [1.54, 1.807) is 6.07 Å². The van der Waals surface area contributed by atoms with Gasteiger partial charge < -0.3 is 19.7 Å². The molecule has 3 fully saturated rings. The van der Waals surface area contributed by atoms with Crippen LogP contribution >= 0.6 is 0 Å². The third kappa shape index (κ3) is 3.98. The number of aromatic nitrogens is 2. The van der Waals surface area contributed by atoms with Crippen molar-refractivity contribution in [2.45, 2.75) is 70.6 Å². The molecule has 3 atom stereocenters. The zero-order chi connectivity index (χ0) is 22.5. The lowest BCUT2D eigenvalue weighted by Crippen LogP contribution is -2.39. The number of fused-ring (bicyclic) bond motifs is 2. The minimum absolute atomic E-state index is 0.149. The molecule has 0 radical (unpaired) electrons. The van der Waals surface area contributed by atoms with Gasteiger partial charge in [0.2, 0.25) is 5.88 Å². The topological polar surface area (TPSA) is 76.6 Å². The first-order chi connectivity index (χ1) is 15.3. The molecule has 170 valence electrons. The largest absolute Gasteiger partial charge is 0.477 e. The summed E-state index contributed by atoms with van der Waals surface area (Å²) in [5.74, 6) is 0.888. The van der Waals surface area contributed by atoms with E-state index in [0.29, 0.717) is 29.6 Å². The van der Waals surface area contributed by atoms with Crippen molar-refractivity contribution in [3.63, 3.8) is 0 Å². The van der Waals surface area contributed by atoms with Crippen molar-refractivity contribution in [2.75, 3.05) is 11.9 Å². The Balaban J connectivity index is 1.24. The van der Waals surface area contributed by atoms with E-state index in [2.05, 4.69) is 15.3 Å². The second-order valence-corrected chi connectivity index (χ2v) is 9.59. The van der Waals surface area contributed by atoms with Gasteiger partial charge in [0.1, 0.15) is 23.6 Å². The maximum atomic E-state index is 14.2. The number of amides is 1. The average molecular weight is 441 g/mol. The molecule has 2 bridgehead atoms. The number of anilines is 2. The Hall–Kier alpha value is -2.90. The van der Waals surface area contributed by atoms with Gasteiger partial charge in [0.25, 0.3) is 0 Å². The van der Waals surface area contributed by atoms with E-state index in [0.717, 1.165) is 37.7 Å². The van der Waals surface area contributed by atoms with Gasteiger partial charge in [-0.3, -0.25) is 0 Å². The van der Waals surface area contributed by atoms with Crippen molar-refractivity contribution in [1.29, 1.82) is 0 Å². The predicted octanol–water partition coefficient (Wildman–Crippen LogP) is 4.90. The first-order valence-corrected chi connectivity index (χ1v) is 11.3. The third-order valence-electron chi connectivity index (χ3n) is 7.01. The fourth-order valence-electron chi connectivity index (χ4n) is 4.86. The lowest BCUT2D eigenvalue weighted by atomic mass is 9.90. The molecular weight excluding hydrogens is 411 g/mol. The van der Waals surface area contributed by atoms with Crippen LogP contribution in [0.5, 0.6) is 5.88 Å². The number of hydrogen-bond acceptors (Lipinski definition) is 6. The summed E-state index contributed by atoms with van der Waals surface area (Å²) in [6.07, 6.45) is 6.05. The van der Waals surface area contributed by atoms with Crippen LogP contribution in [0, 0.1) is 25.6 Å². The van der Waals surface area contributed by atoms with Crippen LogP contribution in [0.1, 0.15) is 50.2 Å². The maximum Gasteiger partial charge on any atom is 0.410 e. The number of ether oxygens (including phenoxy) is 2. The number of benzene rings is 1. The molecule has 2 saturated heterocycles. The van der Waals surface area contributed by atoms with Crippen LogP contribution in [0.3, 0.4) is 0 Å². The van der Waals surface area contributed by atoms with Gasteiger partial charge in [-0.25, -0.2) is 19.2 Å². The van der Waals surface area contributed by atoms with E-state index in [-0.39, 0.29) is 35.5 Å². The molecule has 7 nitrogen and oxygen atoms in total. The SMILES string of the molecule is Cc1ccc(Nc2ncnc(OCC3CC4CCC3N4C(=O)OC3(C)CC3)c2C)c(F)c1. The van der Waals surface area contributed by atoms with Crippen LogP contribution in [0.4, 0.5) is 20.7 Å². The Morgan fingerprint density at radius 1 is 1.28 bits per heavy atom. The molecule has 8 heteroatoms. The molecule has 5 rings (SSSR count). The van der Waals surface area contributed by atoms with Crippen molar-refractivity contribution in [2.24, 2.45) is 5.92 Å². The maximum absolute atomic E-state index is 14.2. The molecule has 1 aromatic heterocycles. The normalized spacial score (nSPS) is 25.0. The summed E-state index contributed by atoms with van der Waals surface area (Å²) in [6.45, 7) is 6.16. The lowest BCUT2D eigenvalue weighted by Gasteiger charge is -2.25. The zero-order valence-corrected chi connectivity index (χ0v) is 18.7. The fourth-order valence-corrected chi connectivity index (χ4v) is 4.86. The molecule has 3 unspecified atom stereocenters. The number of rotatable bonds is 6. The molecule has 2 aromatic rings.